The van der Waals surface area contributed by atoms with Gasteiger partial charge in [0.2, 0.25) is 6.19 Å². The molecule has 2 aromatic carbocycles. The number of fused-ring (bicyclic) bond motifs is 2. The number of aliphatic hydroxyl groups excluding tert-OH is 1. The van der Waals surface area contributed by atoms with Gasteiger partial charge >= 0.3 is 5.97 Å². The zero-order valence-corrected chi connectivity index (χ0v) is 23.4. The van der Waals surface area contributed by atoms with Gasteiger partial charge in [0.15, 0.2) is 0 Å². The quantitative estimate of drug-likeness (QED) is 0.132. The first-order chi connectivity index (χ1) is 20.2. The Kier molecular flexibility index (Phi) is 8.39. The number of nitriles is 1. The number of nitrogens with one attached hydrogen (secondary N) is 2. The van der Waals surface area contributed by atoms with Crippen LogP contribution in [0, 0.1) is 11.5 Å². The van der Waals surface area contributed by atoms with Crippen LogP contribution in [0.25, 0.3) is 21.8 Å². The van der Waals surface area contributed by atoms with Gasteiger partial charge in [0, 0.05) is 24.9 Å². The fourth-order valence-corrected chi connectivity index (χ4v) is 5.59. The van der Waals surface area contributed by atoms with Crippen LogP contribution >= 0.6 is 23.2 Å². The van der Waals surface area contributed by atoms with Crippen LogP contribution in [0.1, 0.15) is 35.2 Å². The van der Waals surface area contributed by atoms with E-state index in [0.29, 0.717) is 18.8 Å². The number of rotatable bonds is 8. The Labute approximate surface area is 248 Å². The molecule has 216 valence electrons. The van der Waals surface area contributed by atoms with Gasteiger partial charge in [-0.1, -0.05) is 35.3 Å². The molecule has 1 aliphatic heterocycles. The largest absolute Gasteiger partial charge is 0.480 e. The summed E-state index contributed by atoms with van der Waals surface area (Å²) in [6.07, 6.45) is 4.61. The Morgan fingerprint density at radius 2 is 2.12 bits per heavy atom. The number of carboxylic acid groups (broad SMARTS) is 1. The van der Waals surface area contributed by atoms with Crippen LogP contribution in [-0.2, 0) is 11.3 Å². The number of carbonyl (C=O) groups excluding carboxylic acids is 1. The Bertz CT molecular complexity index is 1830. The lowest BCUT2D eigenvalue weighted by Gasteiger charge is -2.21. The number of aliphatic imine (C=N–C) groups is 1. The predicted molar refractivity (Wildman–Crippen MR) is 155 cm³/mol. The lowest BCUT2D eigenvalue weighted by Crippen LogP contribution is -2.42. The Morgan fingerprint density at radius 1 is 1.31 bits per heavy atom. The highest BCUT2D eigenvalue weighted by molar-refractivity contribution is 6.43. The lowest BCUT2D eigenvalue weighted by atomic mass is 10.1. The monoisotopic (exact) mass is 610 g/mol. The molecule has 0 radical (unpaired) electrons. The van der Waals surface area contributed by atoms with Gasteiger partial charge in [-0.25, -0.2) is 9.78 Å². The molecule has 0 saturated carbocycles. The molecule has 1 saturated heterocycles. The molecule has 4 aromatic rings. The van der Waals surface area contributed by atoms with E-state index in [1.165, 1.54) is 17.0 Å². The number of amidine groups is 1. The third kappa shape index (κ3) is 5.91. The smallest absolute Gasteiger partial charge is 0.326 e. The summed E-state index contributed by atoms with van der Waals surface area (Å²) in [5.41, 5.74) is 1.03. The molecule has 4 N–H and O–H groups in total. The van der Waals surface area contributed by atoms with Gasteiger partial charge in [0.25, 0.3) is 11.5 Å². The molecule has 1 amide bonds. The number of aromatic amines is 1. The van der Waals surface area contributed by atoms with Gasteiger partial charge in [0.1, 0.15) is 11.9 Å². The molecule has 2 aromatic heterocycles. The molecule has 0 spiro atoms. The Morgan fingerprint density at radius 3 is 2.83 bits per heavy atom. The van der Waals surface area contributed by atoms with E-state index in [0.717, 1.165) is 16.5 Å². The van der Waals surface area contributed by atoms with Crippen molar-refractivity contribution in [3.63, 3.8) is 0 Å². The minimum atomic E-state index is -1.37. The Balaban J connectivity index is 1.36. The fourth-order valence-electron chi connectivity index (χ4n) is 4.91. The molecular weight excluding hydrogens is 587 g/mol. The molecule has 13 nitrogen and oxygen atoms in total. The second-order valence-corrected chi connectivity index (χ2v) is 10.6. The summed E-state index contributed by atoms with van der Waals surface area (Å²) in [6.45, 7) is 0.964. The van der Waals surface area contributed by atoms with E-state index < -0.39 is 29.6 Å². The zero-order chi connectivity index (χ0) is 30.0. The van der Waals surface area contributed by atoms with Gasteiger partial charge in [-0.3, -0.25) is 19.3 Å². The van der Waals surface area contributed by atoms with Crippen molar-refractivity contribution < 1.29 is 19.8 Å². The van der Waals surface area contributed by atoms with Crippen LogP contribution in [0.4, 0.5) is 0 Å². The standard InChI is InChI=1S/C27H24Cl2N8O5/c28-18-8-17-24(32-13-37(26(17)40)10-14-1-2-15-9-33-35-20(15)7-14)23(29)22(18)25(39)34-19(27(41)42)3-4-21(31-12-30)36-6-5-16(38)11-36/h1-2,7-9,13,16,19,38H,3-6,10-11H2,(H,33,35)(H,34,39)(H,41,42)/t16-,19-/m0/s1. The number of benzene rings is 2. The van der Waals surface area contributed by atoms with Crippen LogP contribution in [0.2, 0.25) is 10.0 Å². The van der Waals surface area contributed by atoms with Crippen LogP contribution < -0.4 is 10.9 Å². The molecule has 0 aliphatic carbocycles. The molecule has 0 unspecified atom stereocenters. The average Bonchev–Trinajstić information content (AvgIpc) is 3.60. The number of hydrogen-bond donors (Lipinski definition) is 4. The van der Waals surface area contributed by atoms with Gasteiger partial charge in [-0.2, -0.15) is 15.4 Å². The number of amides is 1. The number of halogens is 2. The van der Waals surface area contributed by atoms with E-state index in [1.807, 2.05) is 18.2 Å². The van der Waals surface area contributed by atoms with Crippen LogP contribution in [0.3, 0.4) is 0 Å². The van der Waals surface area contributed by atoms with Gasteiger partial charge in [-0.05, 0) is 30.5 Å². The minimum absolute atomic E-state index is 0.0411. The number of aliphatic hydroxyl groups is 1. The van der Waals surface area contributed by atoms with E-state index >= 15 is 0 Å². The van der Waals surface area contributed by atoms with E-state index in [-0.39, 0.29) is 52.4 Å². The number of carboxylic acids is 1. The first kappa shape index (κ1) is 29.0. The van der Waals surface area contributed by atoms with Crippen molar-refractivity contribution in [3.8, 4) is 6.19 Å². The third-order valence-electron chi connectivity index (χ3n) is 7.06. The number of likely N-dealkylation sites (tertiary alicyclic amines) is 1. The predicted octanol–water partition coefficient (Wildman–Crippen LogP) is 2.54. The van der Waals surface area contributed by atoms with Crippen molar-refractivity contribution in [2.75, 3.05) is 13.1 Å². The third-order valence-corrected chi connectivity index (χ3v) is 7.73. The van der Waals surface area contributed by atoms with Gasteiger partial charge < -0.3 is 20.4 Å². The molecular formula is C27H24Cl2N8O5. The average molecular weight is 611 g/mol. The first-order valence-corrected chi connectivity index (χ1v) is 13.6. The molecule has 3 heterocycles. The number of aromatic nitrogens is 4. The maximum atomic E-state index is 13.3. The molecule has 42 heavy (non-hydrogen) atoms. The first-order valence-electron chi connectivity index (χ1n) is 12.9. The van der Waals surface area contributed by atoms with E-state index in [2.05, 4.69) is 25.5 Å². The maximum absolute atomic E-state index is 13.3. The SMILES string of the molecule is N#CN=C(CC[C@H](NC(=O)c1c(Cl)cc2c(=O)n(Cc3ccc4cn[nH]c4c3)cnc2c1Cl)C(=O)O)N1CC[C@H](O)C1. The minimum Gasteiger partial charge on any atom is -0.480 e. The van der Waals surface area contributed by atoms with Crippen molar-refractivity contribution in [2.24, 2.45) is 4.99 Å². The number of nitrogens with zero attached hydrogens (tertiary/aromatic N) is 6. The lowest BCUT2D eigenvalue weighted by molar-refractivity contribution is -0.139. The number of carbonyl (C=O) groups is 2. The van der Waals surface area contributed by atoms with E-state index in [4.69, 9.17) is 28.5 Å². The van der Waals surface area contributed by atoms with Crippen molar-refractivity contribution in [1.82, 2.24) is 30.0 Å². The van der Waals surface area contributed by atoms with E-state index in [1.54, 1.807) is 17.3 Å². The highest BCUT2D eigenvalue weighted by atomic mass is 35.5. The fraction of sp³-hybridized carbons (Fsp3) is 0.296. The summed E-state index contributed by atoms with van der Waals surface area (Å²) in [5, 5.41) is 38.6. The highest BCUT2D eigenvalue weighted by Crippen LogP contribution is 2.31. The summed E-state index contributed by atoms with van der Waals surface area (Å²) >= 11 is 12.9. The summed E-state index contributed by atoms with van der Waals surface area (Å²) in [7, 11) is 0. The van der Waals surface area contributed by atoms with Crippen molar-refractivity contribution in [3.05, 3.63) is 68.3 Å². The van der Waals surface area contributed by atoms with Crippen LogP contribution in [0.15, 0.2) is 46.6 Å². The molecule has 15 heteroatoms. The van der Waals surface area contributed by atoms with Gasteiger partial charge in [-0.15, -0.1) is 0 Å². The number of β-amino-alcohol motifs (C(OH)–C–C–N with tert-alkyl or cyclic N) is 1. The second-order valence-electron chi connectivity index (χ2n) is 9.83. The second kappa shape index (κ2) is 12.2. The number of aliphatic carboxylic acids is 1. The maximum Gasteiger partial charge on any atom is 0.326 e. The summed E-state index contributed by atoms with van der Waals surface area (Å²) in [5.74, 6) is -1.86. The van der Waals surface area contributed by atoms with Crippen molar-refractivity contribution in [2.45, 2.75) is 38.0 Å². The molecule has 0 bridgehead atoms. The van der Waals surface area contributed by atoms with Gasteiger partial charge in [0.05, 0.1) is 57.2 Å². The molecule has 1 fully saturated rings. The summed E-state index contributed by atoms with van der Waals surface area (Å²) in [6, 6.07) is 5.53. The van der Waals surface area contributed by atoms with Crippen LogP contribution in [-0.4, -0.2) is 77.8 Å². The normalized spacial score (nSPS) is 16.1. The zero-order valence-electron chi connectivity index (χ0n) is 21.9. The topological polar surface area (TPSA) is 190 Å². The Hall–Kier alpha value is -4.51. The number of H-pyrrole nitrogens is 1. The molecule has 5 rings (SSSR count). The number of hydrogen-bond acceptors (Lipinski definition) is 8. The molecule has 1 aliphatic rings. The van der Waals surface area contributed by atoms with Crippen LogP contribution in [0.5, 0.6) is 0 Å². The van der Waals surface area contributed by atoms with Crippen molar-refractivity contribution >= 4 is 62.7 Å². The molecule has 2 atom stereocenters. The van der Waals surface area contributed by atoms with Crippen molar-refractivity contribution in [1.29, 1.82) is 5.26 Å². The van der Waals surface area contributed by atoms with E-state index in [9.17, 15) is 24.6 Å². The highest BCUT2D eigenvalue weighted by Gasteiger charge is 2.28. The summed E-state index contributed by atoms with van der Waals surface area (Å²) in [4.78, 5) is 48.2. The summed E-state index contributed by atoms with van der Waals surface area (Å²) < 4.78 is 1.38.